The van der Waals surface area contributed by atoms with E-state index >= 15 is 0 Å². The lowest BCUT2D eigenvalue weighted by atomic mass is 10.1. The first kappa shape index (κ1) is 25.3. The van der Waals surface area contributed by atoms with E-state index in [1.807, 2.05) is 0 Å². The standard InChI is InChI=1S/C23H30N4O6/c1-23(2,3)33-22(30)27-18-7-5-4-6-17(18)26-20(28)10-11-21(29)32-13-12-31-19-9-8-15(24)14-16(19)25/h6-11,14H,4-5,12-13,24-25H2,1-3H3,(H,26,28)(H,27,30)/b11-10+. The molecule has 33 heavy (non-hydrogen) atoms. The molecule has 1 aromatic carbocycles. The highest BCUT2D eigenvalue weighted by atomic mass is 16.6. The minimum Gasteiger partial charge on any atom is -0.488 e. The summed E-state index contributed by atoms with van der Waals surface area (Å²) in [6, 6.07) is 4.83. The normalized spacial score (nSPS) is 13.5. The minimum atomic E-state index is -0.709. The number of esters is 1. The SMILES string of the molecule is CC(C)(C)OC(=O)NC1=CCCC=C1NC(=O)/C=C/C(=O)OCCOc1ccc(N)cc1N. The highest BCUT2D eigenvalue weighted by molar-refractivity contribution is 5.95. The number of ether oxygens (including phenoxy) is 3. The third-order valence-corrected chi connectivity index (χ3v) is 4.04. The number of allylic oxidation sites excluding steroid dienone is 2. The molecule has 0 spiro atoms. The highest BCUT2D eigenvalue weighted by Gasteiger charge is 2.19. The van der Waals surface area contributed by atoms with Crippen LogP contribution in [0, 0.1) is 0 Å². The zero-order valence-electron chi connectivity index (χ0n) is 19.0. The quantitative estimate of drug-likeness (QED) is 0.200. The maximum absolute atomic E-state index is 12.2. The Balaban J connectivity index is 1.77. The summed E-state index contributed by atoms with van der Waals surface area (Å²) in [5.74, 6) is -0.832. The van der Waals surface area contributed by atoms with Crippen LogP contribution in [0.2, 0.25) is 0 Å². The molecule has 2 amide bonds. The number of amides is 2. The Morgan fingerprint density at radius 1 is 1.00 bits per heavy atom. The first-order valence-corrected chi connectivity index (χ1v) is 10.4. The van der Waals surface area contributed by atoms with Gasteiger partial charge in [0.25, 0.3) is 0 Å². The van der Waals surface area contributed by atoms with Crippen molar-refractivity contribution in [2.45, 2.75) is 39.2 Å². The van der Waals surface area contributed by atoms with Gasteiger partial charge in [0.1, 0.15) is 24.6 Å². The summed E-state index contributed by atoms with van der Waals surface area (Å²) in [5.41, 5.74) is 12.5. The summed E-state index contributed by atoms with van der Waals surface area (Å²) in [5, 5.41) is 5.25. The first-order chi connectivity index (χ1) is 15.5. The molecule has 0 radical (unpaired) electrons. The Morgan fingerprint density at radius 3 is 2.30 bits per heavy atom. The number of anilines is 2. The molecular weight excluding hydrogens is 428 g/mol. The van der Waals surface area contributed by atoms with Crippen LogP contribution < -0.4 is 26.8 Å². The number of carbonyl (C=O) groups is 3. The van der Waals surface area contributed by atoms with Crippen LogP contribution in [0.25, 0.3) is 0 Å². The number of rotatable bonds is 8. The second-order valence-electron chi connectivity index (χ2n) is 8.08. The van der Waals surface area contributed by atoms with E-state index in [0.717, 1.165) is 12.2 Å². The largest absolute Gasteiger partial charge is 0.488 e. The summed E-state index contributed by atoms with van der Waals surface area (Å²) < 4.78 is 15.6. The van der Waals surface area contributed by atoms with E-state index in [1.165, 1.54) is 0 Å². The van der Waals surface area contributed by atoms with E-state index in [-0.39, 0.29) is 13.2 Å². The minimum absolute atomic E-state index is 0.0353. The average molecular weight is 459 g/mol. The molecule has 0 saturated heterocycles. The van der Waals surface area contributed by atoms with Crippen LogP contribution in [0.15, 0.2) is 53.9 Å². The van der Waals surface area contributed by atoms with Crippen molar-refractivity contribution in [3.05, 3.63) is 53.9 Å². The number of benzene rings is 1. The molecule has 0 fully saturated rings. The average Bonchev–Trinajstić information content (AvgIpc) is 2.71. The van der Waals surface area contributed by atoms with Crippen molar-refractivity contribution in [1.82, 2.24) is 10.6 Å². The molecule has 0 heterocycles. The van der Waals surface area contributed by atoms with Crippen LogP contribution in [-0.2, 0) is 19.1 Å². The molecule has 178 valence electrons. The monoisotopic (exact) mass is 458 g/mol. The number of nitrogens with two attached hydrogens (primary N) is 2. The van der Waals surface area contributed by atoms with E-state index in [9.17, 15) is 14.4 Å². The fraction of sp³-hybridized carbons (Fsp3) is 0.348. The van der Waals surface area contributed by atoms with Gasteiger partial charge in [0.2, 0.25) is 5.91 Å². The number of carbonyl (C=O) groups excluding carboxylic acids is 3. The molecule has 0 aromatic heterocycles. The van der Waals surface area contributed by atoms with Crippen LogP contribution in [0.4, 0.5) is 16.2 Å². The summed E-state index contributed by atoms with van der Waals surface area (Å²) in [6.07, 6.45) is 6.37. The molecule has 10 nitrogen and oxygen atoms in total. The van der Waals surface area contributed by atoms with E-state index in [2.05, 4.69) is 10.6 Å². The Morgan fingerprint density at radius 2 is 1.67 bits per heavy atom. The molecule has 0 saturated carbocycles. The van der Waals surface area contributed by atoms with Crippen molar-refractivity contribution in [1.29, 1.82) is 0 Å². The lowest BCUT2D eigenvalue weighted by Crippen LogP contribution is -2.35. The van der Waals surface area contributed by atoms with E-state index in [0.29, 0.717) is 41.4 Å². The number of hydrogen-bond donors (Lipinski definition) is 4. The third-order valence-electron chi connectivity index (χ3n) is 4.04. The van der Waals surface area contributed by atoms with E-state index in [4.69, 9.17) is 25.7 Å². The molecule has 0 aliphatic heterocycles. The highest BCUT2D eigenvalue weighted by Crippen LogP contribution is 2.23. The van der Waals surface area contributed by atoms with Crippen LogP contribution in [0.5, 0.6) is 5.75 Å². The van der Waals surface area contributed by atoms with Crippen LogP contribution >= 0.6 is 0 Å². The molecular formula is C23H30N4O6. The Hall–Kier alpha value is -3.95. The van der Waals surface area contributed by atoms with Crippen molar-refractivity contribution in [2.75, 3.05) is 24.7 Å². The zero-order valence-corrected chi connectivity index (χ0v) is 19.0. The predicted molar refractivity (Wildman–Crippen MR) is 124 cm³/mol. The topological polar surface area (TPSA) is 155 Å². The molecule has 6 N–H and O–H groups in total. The van der Waals surface area contributed by atoms with Gasteiger partial charge in [-0.3, -0.25) is 10.1 Å². The molecule has 0 atom stereocenters. The second kappa shape index (κ2) is 11.6. The summed E-state index contributed by atoms with van der Waals surface area (Å²) in [6.45, 7) is 5.31. The lowest BCUT2D eigenvalue weighted by molar-refractivity contribution is -0.138. The van der Waals surface area contributed by atoms with Crippen molar-refractivity contribution in [3.8, 4) is 5.75 Å². The zero-order chi connectivity index (χ0) is 24.4. The van der Waals surface area contributed by atoms with Crippen molar-refractivity contribution < 1.29 is 28.6 Å². The summed E-state index contributed by atoms with van der Waals surface area (Å²) in [4.78, 5) is 36.0. The van der Waals surface area contributed by atoms with Crippen molar-refractivity contribution in [3.63, 3.8) is 0 Å². The molecule has 10 heteroatoms. The third kappa shape index (κ3) is 9.38. The van der Waals surface area contributed by atoms with Crippen LogP contribution in [0.3, 0.4) is 0 Å². The fourth-order valence-corrected chi connectivity index (χ4v) is 2.68. The van der Waals surface area contributed by atoms with Gasteiger partial charge < -0.3 is 31.0 Å². The van der Waals surface area contributed by atoms with E-state index in [1.54, 1.807) is 51.1 Å². The lowest BCUT2D eigenvalue weighted by Gasteiger charge is -2.22. The van der Waals surface area contributed by atoms with Gasteiger partial charge in [-0.15, -0.1) is 0 Å². The number of nitrogen functional groups attached to an aromatic ring is 2. The summed E-state index contributed by atoms with van der Waals surface area (Å²) >= 11 is 0. The number of alkyl carbamates (subject to hydrolysis) is 1. The van der Waals surface area contributed by atoms with E-state index < -0.39 is 23.6 Å². The maximum Gasteiger partial charge on any atom is 0.412 e. The Labute approximate surface area is 192 Å². The molecule has 1 aliphatic rings. The van der Waals surface area contributed by atoms with Gasteiger partial charge in [-0.05, 0) is 51.8 Å². The molecule has 2 rings (SSSR count). The van der Waals surface area contributed by atoms with Crippen molar-refractivity contribution >= 4 is 29.3 Å². The van der Waals surface area contributed by atoms with Gasteiger partial charge in [-0.25, -0.2) is 9.59 Å². The molecule has 1 aliphatic carbocycles. The van der Waals surface area contributed by atoms with Crippen LogP contribution in [-0.4, -0.2) is 36.8 Å². The molecule has 1 aromatic rings. The van der Waals surface area contributed by atoms with Gasteiger partial charge in [0.05, 0.1) is 17.1 Å². The fourth-order valence-electron chi connectivity index (χ4n) is 2.68. The number of hydrogen-bond acceptors (Lipinski definition) is 8. The molecule has 0 bridgehead atoms. The predicted octanol–water partition coefficient (Wildman–Crippen LogP) is 2.53. The van der Waals surface area contributed by atoms with Gasteiger partial charge in [0, 0.05) is 17.8 Å². The van der Waals surface area contributed by atoms with Crippen LogP contribution in [0.1, 0.15) is 33.6 Å². The second-order valence-corrected chi connectivity index (χ2v) is 8.08. The van der Waals surface area contributed by atoms with Gasteiger partial charge >= 0.3 is 12.1 Å². The van der Waals surface area contributed by atoms with Gasteiger partial charge in [-0.1, -0.05) is 12.2 Å². The summed E-state index contributed by atoms with van der Waals surface area (Å²) in [7, 11) is 0. The first-order valence-electron chi connectivity index (χ1n) is 10.4. The molecule has 0 unspecified atom stereocenters. The smallest absolute Gasteiger partial charge is 0.412 e. The maximum atomic E-state index is 12.2. The van der Waals surface area contributed by atoms with Crippen molar-refractivity contribution in [2.24, 2.45) is 0 Å². The Bertz CT molecular complexity index is 976. The van der Waals surface area contributed by atoms with Gasteiger partial charge in [-0.2, -0.15) is 0 Å². The van der Waals surface area contributed by atoms with Gasteiger partial charge in [0.15, 0.2) is 0 Å². The number of nitrogens with one attached hydrogen (secondary N) is 2. The Kier molecular flexibility index (Phi) is 8.90.